The van der Waals surface area contributed by atoms with Crippen molar-refractivity contribution in [2.45, 2.75) is 38.0 Å². The van der Waals surface area contributed by atoms with E-state index >= 15 is 0 Å². The topological polar surface area (TPSA) is 66.1 Å². The second-order valence-corrected chi connectivity index (χ2v) is 7.43. The van der Waals surface area contributed by atoms with Crippen molar-refractivity contribution in [1.29, 1.82) is 0 Å². The number of carbonyl (C=O) groups is 1. The van der Waals surface area contributed by atoms with E-state index in [2.05, 4.69) is 15.6 Å². The number of amides is 1. The number of hydrogen-bond acceptors (Lipinski definition) is 3. The molecule has 1 aliphatic carbocycles. The Hall–Kier alpha value is -2.24. The number of fused-ring (bicyclic) bond motifs is 1. The van der Waals surface area contributed by atoms with Gasteiger partial charge in [0.1, 0.15) is 0 Å². The van der Waals surface area contributed by atoms with Crippen LogP contribution in [0, 0.1) is 0 Å². The summed E-state index contributed by atoms with van der Waals surface area (Å²) in [6.07, 6.45) is 6.28. The Balaban J connectivity index is 1.65. The summed E-state index contributed by atoms with van der Waals surface area (Å²) in [4.78, 5) is 16.4. The number of ether oxygens (including phenoxy) is 1. The van der Waals surface area contributed by atoms with Crippen LogP contribution in [0.5, 0.6) is 0 Å². The molecule has 2 aromatic rings. The highest BCUT2D eigenvalue weighted by atomic mass is 35.5. The molecule has 2 aliphatic rings. The minimum Gasteiger partial charge on any atom is -0.362 e. The van der Waals surface area contributed by atoms with Crippen molar-refractivity contribution in [3.05, 3.63) is 64.1 Å². The number of methoxy groups -OCH3 is 1. The molecule has 26 heavy (non-hydrogen) atoms. The smallest absolute Gasteiger partial charge is 0.253 e. The first-order valence-electron chi connectivity index (χ1n) is 8.80. The van der Waals surface area contributed by atoms with E-state index in [9.17, 15) is 4.79 Å². The zero-order valence-corrected chi connectivity index (χ0v) is 15.6. The van der Waals surface area contributed by atoms with Crippen LogP contribution < -0.4 is 10.6 Å². The minimum absolute atomic E-state index is 0.0873. The summed E-state index contributed by atoms with van der Waals surface area (Å²) in [5.41, 5.74) is 4.24. The highest BCUT2D eigenvalue weighted by Crippen LogP contribution is 2.42. The number of aromatic nitrogens is 1. The lowest BCUT2D eigenvalue weighted by Crippen LogP contribution is -2.51. The zero-order chi connectivity index (χ0) is 18.3. The first-order valence-corrected chi connectivity index (χ1v) is 9.18. The zero-order valence-electron chi connectivity index (χ0n) is 14.9. The van der Waals surface area contributed by atoms with Gasteiger partial charge in [0.05, 0.1) is 16.8 Å². The van der Waals surface area contributed by atoms with Crippen molar-refractivity contribution in [3.63, 3.8) is 0 Å². The minimum atomic E-state index is -0.339. The maximum Gasteiger partial charge on any atom is 0.253 e. The molecule has 2 heterocycles. The molecule has 0 saturated heterocycles. The van der Waals surface area contributed by atoms with Gasteiger partial charge in [-0.3, -0.25) is 4.79 Å². The van der Waals surface area contributed by atoms with E-state index in [1.165, 1.54) is 0 Å². The second-order valence-electron chi connectivity index (χ2n) is 7.00. The molecule has 1 amide bonds. The van der Waals surface area contributed by atoms with E-state index in [1.54, 1.807) is 13.3 Å². The normalized spacial score (nSPS) is 20.4. The summed E-state index contributed by atoms with van der Waals surface area (Å²) >= 11 is 6.02. The van der Waals surface area contributed by atoms with Gasteiger partial charge < -0.3 is 20.4 Å². The molecule has 1 aliphatic heterocycles. The third kappa shape index (κ3) is 2.72. The number of carbonyl (C=O) groups excluding carboxylic acids is 1. The monoisotopic (exact) mass is 371 g/mol. The molecular weight excluding hydrogens is 350 g/mol. The van der Waals surface area contributed by atoms with Gasteiger partial charge in [-0.1, -0.05) is 23.7 Å². The molecule has 1 aromatic heterocycles. The molecular formula is C20H22ClN3O2. The highest BCUT2D eigenvalue weighted by Gasteiger charge is 2.41. The van der Waals surface area contributed by atoms with E-state index in [0.717, 1.165) is 41.7 Å². The highest BCUT2D eigenvalue weighted by molar-refractivity contribution is 6.30. The summed E-state index contributed by atoms with van der Waals surface area (Å²) < 4.78 is 5.51. The number of halogens is 1. The molecule has 1 atom stereocenters. The Morgan fingerprint density at radius 3 is 2.65 bits per heavy atom. The maximum atomic E-state index is 13.1. The van der Waals surface area contributed by atoms with E-state index < -0.39 is 0 Å². The van der Waals surface area contributed by atoms with Gasteiger partial charge in [-0.2, -0.15) is 0 Å². The maximum absolute atomic E-state index is 13.1. The van der Waals surface area contributed by atoms with Gasteiger partial charge in [0.2, 0.25) is 0 Å². The number of rotatable bonds is 4. The molecule has 1 saturated carbocycles. The number of allylic oxidation sites excluding steroid dienone is 1. The van der Waals surface area contributed by atoms with Crippen LogP contribution in [0.15, 0.2) is 36.7 Å². The standard InChI is InChI=1S/C20H22ClN3O2/c1-12-10-23-19(26-2)16-15(11-22-17(12)16)18(25)24-20(8-3-9-20)13-4-6-14(21)7-5-13/h4-7,10-11,19,22-23H,3,8-9H2,1-2H3,(H,24,25). The Bertz CT molecular complexity index is 866. The fourth-order valence-electron chi connectivity index (χ4n) is 3.83. The average molecular weight is 372 g/mol. The fraction of sp³-hybridized carbons (Fsp3) is 0.350. The molecule has 1 aromatic carbocycles. The van der Waals surface area contributed by atoms with Crippen molar-refractivity contribution in [2.24, 2.45) is 0 Å². The van der Waals surface area contributed by atoms with Gasteiger partial charge in [0.25, 0.3) is 5.91 Å². The van der Waals surface area contributed by atoms with Crippen LogP contribution in [0.3, 0.4) is 0 Å². The Labute approximate surface area is 157 Å². The van der Waals surface area contributed by atoms with E-state index in [-0.39, 0.29) is 17.7 Å². The fourth-order valence-corrected chi connectivity index (χ4v) is 3.96. The van der Waals surface area contributed by atoms with Crippen LogP contribution >= 0.6 is 11.6 Å². The van der Waals surface area contributed by atoms with Crippen LogP contribution in [-0.2, 0) is 10.3 Å². The van der Waals surface area contributed by atoms with Gasteiger partial charge in [0, 0.05) is 30.1 Å². The number of nitrogens with one attached hydrogen (secondary N) is 3. The van der Waals surface area contributed by atoms with Gasteiger partial charge in [0.15, 0.2) is 6.23 Å². The summed E-state index contributed by atoms with van der Waals surface area (Å²) in [6, 6.07) is 7.75. The van der Waals surface area contributed by atoms with Crippen molar-refractivity contribution >= 4 is 23.1 Å². The van der Waals surface area contributed by atoms with Crippen molar-refractivity contribution in [1.82, 2.24) is 15.6 Å². The largest absolute Gasteiger partial charge is 0.362 e. The number of benzene rings is 1. The second kappa shape index (κ2) is 6.49. The van der Waals surface area contributed by atoms with Gasteiger partial charge >= 0.3 is 0 Å². The van der Waals surface area contributed by atoms with E-state index in [1.807, 2.05) is 37.4 Å². The third-order valence-electron chi connectivity index (χ3n) is 5.47. The molecule has 1 unspecified atom stereocenters. The average Bonchev–Trinajstić information content (AvgIpc) is 3.05. The van der Waals surface area contributed by atoms with Gasteiger partial charge in [-0.15, -0.1) is 0 Å². The summed E-state index contributed by atoms with van der Waals surface area (Å²) in [5, 5.41) is 7.16. The molecule has 6 heteroatoms. The van der Waals surface area contributed by atoms with Crippen LogP contribution in [0.1, 0.15) is 59.6 Å². The summed E-state index contributed by atoms with van der Waals surface area (Å²) in [6.45, 7) is 2.00. The number of H-pyrrole nitrogens is 1. The van der Waals surface area contributed by atoms with Crippen LogP contribution in [0.25, 0.3) is 5.57 Å². The Kier molecular flexibility index (Phi) is 4.29. The molecule has 136 valence electrons. The van der Waals surface area contributed by atoms with E-state index in [4.69, 9.17) is 16.3 Å². The van der Waals surface area contributed by atoms with Crippen molar-refractivity contribution in [3.8, 4) is 0 Å². The van der Waals surface area contributed by atoms with Crippen LogP contribution in [0.2, 0.25) is 5.02 Å². The lowest BCUT2D eigenvalue weighted by Gasteiger charge is -2.43. The van der Waals surface area contributed by atoms with Crippen molar-refractivity contribution in [2.75, 3.05) is 7.11 Å². The third-order valence-corrected chi connectivity index (χ3v) is 5.72. The lowest BCUT2D eigenvalue weighted by molar-refractivity contribution is 0.0760. The van der Waals surface area contributed by atoms with Crippen LogP contribution in [0.4, 0.5) is 0 Å². The first kappa shape index (κ1) is 17.2. The molecule has 4 rings (SSSR count). The number of hydrogen-bond donors (Lipinski definition) is 3. The molecule has 5 nitrogen and oxygen atoms in total. The molecule has 0 radical (unpaired) electrons. The van der Waals surface area contributed by atoms with Crippen LogP contribution in [-0.4, -0.2) is 18.0 Å². The summed E-state index contributed by atoms with van der Waals surface area (Å²) in [5.74, 6) is -0.0873. The molecule has 0 spiro atoms. The SMILES string of the molecule is COC1NC=C(C)c2[nH]cc(C(=O)NC3(c4ccc(Cl)cc4)CCC3)c21. The summed E-state index contributed by atoms with van der Waals surface area (Å²) in [7, 11) is 1.63. The number of aromatic amines is 1. The first-order chi connectivity index (χ1) is 12.5. The van der Waals surface area contributed by atoms with Gasteiger partial charge in [-0.05, 0) is 49.5 Å². The molecule has 0 bridgehead atoms. The van der Waals surface area contributed by atoms with E-state index in [0.29, 0.717) is 10.6 Å². The molecule has 3 N–H and O–H groups in total. The predicted octanol–water partition coefficient (Wildman–Crippen LogP) is 4.09. The van der Waals surface area contributed by atoms with Gasteiger partial charge in [-0.25, -0.2) is 0 Å². The van der Waals surface area contributed by atoms with Crippen molar-refractivity contribution < 1.29 is 9.53 Å². The Morgan fingerprint density at radius 1 is 1.31 bits per heavy atom. The predicted molar refractivity (Wildman–Crippen MR) is 102 cm³/mol. The lowest BCUT2D eigenvalue weighted by atomic mass is 9.71. The Morgan fingerprint density at radius 2 is 2.04 bits per heavy atom. The molecule has 1 fully saturated rings. The quantitative estimate of drug-likeness (QED) is 0.758.